The molecule has 0 spiro atoms. The summed E-state index contributed by atoms with van der Waals surface area (Å²) in [5.74, 6) is -0.798. The number of amides is 1. The van der Waals surface area contributed by atoms with Crippen LogP contribution in [-0.4, -0.2) is 24.1 Å². The van der Waals surface area contributed by atoms with E-state index in [4.69, 9.17) is 22.9 Å². The lowest BCUT2D eigenvalue weighted by Crippen LogP contribution is -2.36. The molecule has 34 heavy (non-hydrogen) atoms. The van der Waals surface area contributed by atoms with E-state index in [1.807, 2.05) is 18.2 Å². The van der Waals surface area contributed by atoms with Crippen LogP contribution in [0.4, 0.5) is 22.7 Å². The maximum absolute atomic E-state index is 12.0. The van der Waals surface area contributed by atoms with Crippen LogP contribution >= 0.6 is 11.6 Å². The second-order valence-electron chi connectivity index (χ2n) is 8.64. The Morgan fingerprint density at radius 1 is 1.35 bits per heavy atom. The Kier molecular flexibility index (Phi) is 7.19. The number of carbonyl (C=O) groups is 2. The molecule has 9 nitrogen and oxygen atoms in total. The van der Waals surface area contributed by atoms with Gasteiger partial charge in [0.25, 0.3) is 0 Å². The van der Waals surface area contributed by atoms with Gasteiger partial charge >= 0.3 is 12.7 Å². The van der Waals surface area contributed by atoms with Crippen molar-refractivity contribution in [1.29, 1.82) is 5.26 Å². The fourth-order valence-electron chi connectivity index (χ4n) is 3.97. The number of ether oxygens (including phenoxy) is 1. The lowest BCUT2D eigenvalue weighted by molar-refractivity contribution is -0.114. The van der Waals surface area contributed by atoms with Gasteiger partial charge in [-0.25, -0.2) is 11.4 Å². The van der Waals surface area contributed by atoms with E-state index in [1.54, 1.807) is 0 Å². The van der Waals surface area contributed by atoms with E-state index in [2.05, 4.69) is 46.5 Å². The Balaban J connectivity index is 2.04. The smallest absolute Gasteiger partial charge is 0.359 e. The van der Waals surface area contributed by atoms with Crippen LogP contribution in [0.15, 0.2) is 34.5 Å². The number of fused-ring (bicyclic) bond motifs is 1. The highest BCUT2D eigenvalue weighted by Gasteiger charge is 2.30. The largest absolute Gasteiger partial charge is 0.390 e. The lowest BCUT2D eigenvalue weighted by Gasteiger charge is -2.38. The summed E-state index contributed by atoms with van der Waals surface area (Å²) in [6, 6.07) is 8.21. The predicted octanol–water partition coefficient (Wildman–Crippen LogP) is 6.32. The van der Waals surface area contributed by atoms with E-state index in [1.165, 1.54) is 19.1 Å². The summed E-state index contributed by atoms with van der Waals surface area (Å²) < 4.78 is 4.77. The first-order chi connectivity index (χ1) is 16.0. The van der Waals surface area contributed by atoms with Crippen molar-refractivity contribution in [3.8, 4) is 6.07 Å². The van der Waals surface area contributed by atoms with Crippen molar-refractivity contribution in [3.63, 3.8) is 0 Å². The fourth-order valence-corrected chi connectivity index (χ4v) is 4.22. The average Bonchev–Trinajstić information content (AvgIpc) is 2.75. The molecule has 1 heterocycles. The summed E-state index contributed by atoms with van der Waals surface area (Å²) in [6.07, 6.45) is 0.908. The molecule has 1 amide bonds. The van der Waals surface area contributed by atoms with Crippen LogP contribution in [-0.2, 0) is 9.53 Å². The van der Waals surface area contributed by atoms with Crippen LogP contribution < -0.4 is 10.6 Å². The van der Waals surface area contributed by atoms with E-state index in [-0.39, 0.29) is 39.2 Å². The zero-order valence-corrected chi connectivity index (χ0v) is 19.9. The predicted molar refractivity (Wildman–Crippen MR) is 129 cm³/mol. The molecular formula is C24H23ClN6O3. The maximum Gasteiger partial charge on any atom is 0.359 e. The molecule has 0 radical (unpaired) electrons. The van der Waals surface area contributed by atoms with E-state index >= 15 is 0 Å². The Hall–Kier alpha value is -3.95. The molecule has 0 aliphatic carbocycles. The molecule has 174 valence electrons. The molecule has 1 aliphatic rings. The number of rotatable bonds is 5. The van der Waals surface area contributed by atoms with E-state index < -0.39 is 12.7 Å². The Labute approximate surface area is 202 Å². The number of nitrogens with zero attached hydrogens (tertiary/aromatic N) is 4. The molecule has 2 N–H and O–H groups in total. The van der Waals surface area contributed by atoms with Gasteiger partial charge in [0, 0.05) is 18.2 Å². The van der Waals surface area contributed by atoms with Crippen molar-refractivity contribution in [2.24, 2.45) is 10.2 Å². The molecule has 0 saturated heterocycles. The lowest BCUT2D eigenvalue weighted by atomic mass is 9.81. The summed E-state index contributed by atoms with van der Waals surface area (Å²) >= 11 is 6.30. The van der Waals surface area contributed by atoms with Crippen molar-refractivity contribution < 1.29 is 14.3 Å². The minimum absolute atomic E-state index is 0.0156. The van der Waals surface area contributed by atoms with Gasteiger partial charge in [-0.2, -0.15) is 5.26 Å². The van der Waals surface area contributed by atoms with Crippen LogP contribution in [0.2, 0.25) is 5.02 Å². The van der Waals surface area contributed by atoms with Gasteiger partial charge in [-0.1, -0.05) is 18.5 Å². The highest BCUT2D eigenvalue weighted by Crippen LogP contribution is 2.44. The number of hydrogen-bond donors (Lipinski definition) is 2. The van der Waals surface area contributed by atoms with Gasteiger partial charge in [-0.15, -0.1) is 10.2 Å². The van der Waals surface area contributed by atoms with E-state index in [0.717, 1.165) is 17.7 Å². The Morgan fingerprint density at radius 2 is 2.09 bits per heavy atom. The first kappa shape index (κ1) is 24.7. The zero-order chi connectivity index (χ0) is 25.0. The average molecular weight is 479 g/mol. The number of nitrogens with one attached hydrogen (secondary N) is 2. The second kappa shape index (κ2) is 9.90. The highest BCUT2D eigenvalue weighted by molar-refractivity contribution is 6.33. The van der Waals surface area contributed by atoms with Gasteiger partial charge in [0.1, 0.15) is 17.4 Å². The summed E-state index contributed by atoms with van der Waals surface area (Å²) in [5.41, 5.74) is 2.82. The van der Waals surface area contributed by atoms with Gasteiger partial charge in [0.05, 0.1) is 21.8 Å². The number of halogens is 1. The minimum atomic E-state index is -0.773. The molecule has 2 aromatic rings. The molecular weight excluding hydrogens is 456 g/mol. The third-order valence-electron chi connectivity index (χ3n) is 5.24. The van der Waals surface area contributed by atoms with E-state index in [0.29, 0.717) is 11.4 Å². The third kappa shape index (κ3) is 5.51. The van der Waals surface area contributed by atoms with Gasteiger partial charge in [-0.05, 0) is 56.0 Å². The number of carbonyl (C=O) groups excluding carboxylic acids is 2. The van der Waals surface area contributed by atoms with Crippen LogP contribution in [0.25, 0.3) is 4.85 Å². The number of azo groups is 1. The monoisotopic (exact) mass is 478 g/mol. The molecule has 0 fully saturated rings. The van der Waals surface area contributed by atoms with Crippen LogP contribution in [0.5, 0.6) is 0 Å². The van der Waals surface area contributed by atoms with Crippen LogP contribution in [0.1, 0.15) is 61.5 Å². The zero-order valence-electron chi connectivity index (χ0n) is 19.2. The molecule has 1 aliphatic heterocycles. The minimum Gasteiger partial charge on any atom is -0.390 e. The molecule has 2 aromatic carbocycles. The van der Waals surface area contributed by atoms with Gasteiger partial charge in [-0.3, -0.25) is 9.64 Å². The number of anilines is 2. The Morgan fingerprint density at radius 3 is 2.74 bits per heavy atom. The second-order valence-corrected chi connectivity index (χ2v) is 9.04. The van der Waals surface area contributed by atoms with Gasteiger partial charge < -0.3 is 15.4 Å². The van der Waals surface area contributed by atoms with Crippen molar-refractivity contribution >= 4 is 46.2 Å². The normalized spacial score (nSPS) is 16.0. The molecule has 1 unspecified atom stereocenters. The third-order valence-corrected chi connectivity index (χ3v) is 5.52. The molecule has 0 saturated carbocycles. The molecule has 0 aromatic heterocycles. The quantitative estimate of drug-likeness (QED) is 0.296. The number of nitriles is 1. The summed E-state index contributed by atoms with van der Waals surface area (Å²) in [7, 11) is 0. The van der Waals surface area contributed by atoms with Crippen molar-refractivity contribution in [3.05, 3.63) is 57.4 Å². The van der Waals surface area contributed by atoms with E-state index in [9.17, 15) is 14.9 Å². The fraction of sp³-hybridized carbons (Fsp3) is 0.333. The molecule has 10 heteroatoms. The number of hydrogen-bond acceptors (Lipinski definition) is 7. The summed E-state index contributed by atoms with van der Waals surface area (Å²) in [6.45, 7) is 14.0. The Bertz CT molecular complexity index is 1270. The van der Waals surface area contributed by atoms with Crippen LogP contribution in [0.3, 0.4) is 0 Å². The summed E-state index contributed by atoms with van der Waals surface area (Å²) in [5, 5.41) is 24.3. The SMILES string of the molecule is [C-]#[N+]COC(=O)c1cc(Cl)c(N=Nc2cc3c(cc2NC(C)=O)NC(C)(C)CC3C)c(C#N)c1. The van der Waals surface area contributed by atoms with Crippen molar-refractivity contribution in [2.45, 2.75) is 45.6 Å². The molecule has 3 rings (SSSR count). The highest BCUT2D eigenvalue weighted by atomic mass is 35.5. The van der Waals surface area contributed by atoms with Crippen molar-refractivity contribution in [1.82, 2.24) is 0 Å². The number of esters is 1. The first-order valence-corrected chi connectivity index (χ1v) is 10.8. The van der Waals surface area contributed by atoms with Gasteiger partial charge in [0.2, 0.25) is 5.91 Å². The molecule has 0 bridgehead atoms. The first-order valence-electron chi connectivity index (χ1n) is 10.4. The summed E-state index contributed by atoms with van der Waals surface area (Å²) in [4.78, 5) is 26.8. The number of benzene rings is 2. The van der Waals surface area contributed by atoms with Gasteiger partial charge in [0.15, 0.2) is 0 Å². The molecule has 1 atom stereocenters. The standard InChI is InChI=1S/C24H23ClN6O3/c1-13-10-24(3,4)29-19-9-20(28-14(2)32)21(8-17(13)19)30-31-22-16(11-26)6-15(7-18(22)25)23(33)34-12-27-5/h6-9,13,29H,10,12H2,1-4H3,(H,28,32). The maximum atomic E-state index is 12.0. The topological polar surface area (TPSA) is 120 Å². The van der Waals surface area contributed by atoms with Crippen LogP contribution in [0, 0.1) is 17.9 Å². The van der Waals surface area contributed by atoms with Crippen molar-refractivity contribution in [2.75, 3.05) is 17.4 Å².